The van der Waals surface area contributed by atoms with E-state index in [4.69, 9.17) is 16.3 Å². The second-order valence-electron chi connectivity index (χ2n) is 5.65. The van der Waals surface area contributed by atoms with Crippen molar-refractivity contribution in [1.82, 2.24) is 9.97 Å². The van der Waals surface area contributed by atoms with E-state index in [9.17, 15) is 9.18 Å². The van der Waals surface area contributed by atoms with Crippen LogP contribution in [-0.2, 0) is 5.75 Å². The summed E-state index contributed by atoms with van der Waals surface area (Å²) in [7, 11) is 0. The minimum absolute atomic E-state index is 0.0737. The van der Waals surface area contributed by atoms with Gasteiger partial charge >= 0.3 is 0 Å². The minimum atomic E-state index is -0.455. The molecular formula is C20H17ClFN3O2S. The van der Waals surface area contributed by atoms with Crippen molar-refractivity contribution >= 4 is 35.0 Å². The average Bonchev–Trinajstić information content (AvgIpc) is 2.70. The summed E-state index contributed by atoms with van der Waals surface area (Å²) in [4.78, 5) is 21.1. The van der Waals surface area contributed by atoms with Crippen LogP contribution in [0.4, 0.5) is 10.1 Å². The first-order valence-electron chi connectivity index (χ1n) is 8.49. The Balaban J connectivity index is 1.73. The number of para-hydroxylation sites is 2. The number of halogens is 2. The van der Waals surface area contributed by atoms with Crippen LogP contribution in [0.25, 0.3) is 0 Å². The Morgan fingerprint density at radius 2 is 1.96 bits per heavy atom. The maximum Gasteiger partial charge on any atom is 0.276 e. The van der Waals surface area contributed by atoms with E-state index in [1.54, 1.807) is 30.3 Å². The highest BCUT2D eigenvalue weighted by Gasteiger charge is 2.16. The molecule has 8 heteroatoms. The van der Waals surface area contributed by atoms with Gasteiger partial charge in [0.25, 0.3) is 5.91 Å². The predicted octanol–water partition coefficient (Wildman–Crippen LogP) is 5.21. The molecule has 0 spiro atoms. The number of ether oxygens (including phenoxy) is 1. The van der Waals surface area contributed by atoms with Gasteiger partial charge in [0, 0.05) is 5.75 Å². The zero-order valence-electron chi connectivity index (χ0n) is 15.0. The Labute approximate surface area is 171 Å². The van der Waals surface area contributed by atoms with Crippen LogP contribution < -0.4 is 10.1 Å². The fraction of sp³-hybridized carbons (Fsp3) is 0.150. The second-order valence-corrected chi connectivity index (χ2v) is 7.00. The summed E-state index contributed by atoms with van der Waals surface area (Å²) in [6.07, 6.45) is 1.39. The molecule has 1 N–H and O–H groups in total. The van der Waals surface area contributed by atoms with Gasteiger partial charge in [-0.15, -0.1) is 0 Å². The van der Waals surface area contributed by atoms with Gasteiger partial charge in [-0.2, -0.15) is 0 Å². The van der Waals surface area contributed by atoms with Gasteiger partial charge in [-0.05, 0) is 36.8 Å². The number of hydrogen-bond donors (Lipinski definition) is 1. The van der Waals surface area contributed by atoms with Crippen LogP contribution in [0.3, 0.4) is 0 Å². The maximum absolute atomic E-state index is 13.0. The van der Waals surface area contributed by atoms with Gasteiger partial charge in [0.2, 0.25) is 0 Å². The molecule has 0 bridgehead atoms. The summed E-state index contributed by atoms with van der Waals surface area (Å²) in [6.45, 7) is 2.34. The van der Waals surface area contributed by atoms with Gasteiger partial charge in [-0.3, -0.25) is 4.79 Å². The van der Waals surface area contributed by atoms with Crippen LogP contribution in [-0.4, -0.2) is 22.5 Å². The van der Waals surface area contributed by atoms with E-state index in [0.717, 1.165) is 5.56 Å². The normalized spacial score (nSPS) is 10.5. The summed E-state index contributed by atoms with van der Waals surface area (Å²) in [5.74, 6) is 0.358. The number of carbonyl (C=O) groups excluding carboxylic acids is 1. The molecule has 28 heavy (non-hydrogen) atoms. The van der Waals surface area contributed by atoms with Gasteiger partial charge in [-0.25, -0.2) is 14.4 Å². The molecule has 0 aliphatic carbocycles. The average molecular weight is 418 g/mol. The van der Waals surface area contributed by atoms with Crippen molar-refractivity contribution in [3.05, 3.63) is 76.8 Å². The molecule has 0 atom stereocenters. The molecule has 3 rings (SSSR count). The Kier molecular flexibility index (Phi) is 6.84. The summed E-state index contributed by atoms with van der Waals surface area (Å²) in [5.41, 5.74) is 1.52. The van der Waals surface area contributed by atoms with Gasteiger partial charge in [0.05, 0.1) is 23.5 Å². The van der Waals surface area contributed by atoms with Crippen LogP contribution in [0, 0.1) is 5.82 Å². The molecule has 0 unspecified atom stereocenters. The van der Waals surface area contributed by atoms with Crippen LogP contribution in [0.15, 0.2) is 59.9 Å². The molecule has 0 aliphatic rings. The first-order valence-corrected chi connectivity index (χ1v) is 9.86. The molecule has 0 radical (unpaired) electrons. The van der Waals surface area contributed by atoms with Crippen LogP contribution >= 0.6 is 23.4 Å². The van der Waals surface area contributed by atoms with Gasteiger partial charge in [0.15, 0.2) is 10.9 Å². The van der Waals surface area contributed by atoms with E-state index in [-0.39, 0.29) is 16.5 Å². The van der Waals surface area contributed by atoms with E-state index in [2.05, 4.69) is 15.3 Å². The van der Waals surface area contributed by atoms with E-state index in [0.29, 0.717) is 29.0 Å². The molecule has 144 valence electrons. The largest absolute Gasteiger partial charge is 0.492 e. The quantitative estimate of drug-likeness (QED) is 0.422. The lowest BCUT2D eigenvalue weighted by atomic mass is 10.2. The molecule has 1 amide bonds. The van der Waals surface area contributed by atoms with E-state index >= 15 is 0 Å². The lowest BCUT2D eigenvalue weighted by Gasteiger charge is -2.11. The third-order valence-corrected chi connectivity index (χ3v) is 4.86. The summed E-state index contributed by atoms with van der Waals surface area (Å²) in [6, 6.07) is 13.3. The summed E-state index contributed by atoms with van der Waals surface area (Å²) >= 11 is 7.45. The Bertz CT molecular complexity index is 970. The lowest BCUT2D eigenvalue weighted by molar-refractivity contribution is 0.102. The number of anilines is 1. The van der Waals surface area contributed by atoms with Gasteiger partial charge in [-0.1, -0.05) is 47.6 Å². The monoisotopic (exact) mass is 417 g/mol. The molecular weight excluding hydrogens is 401 g/mol. The van der Waals surface area contributed by atoms with Crippen molar-refractivity contribution in [1.29, 1.82) is 0 Å². The zero-order valence-corrected chi connectivity index (χ0v) is 16.6. The van der Waals surface area contributed by atoms with Crippen molar-refractivity contribution in [2.45, 2.75) is 17.8 Å². The number of aromatic nitrogens is 2. The molecule has 5 nitrogen and oxygen atoms in total. The van der Waals surface area contributed by atoms with Crippen LogP contribution in [0.5, 0.6) is 5.75 Å². The number of carbonyl (C=O) groups is 1. The van der Waals surface area contributed by atoms with Crippen molar-refractivity contribution in [2.24, 2.45) is 0 Å². The fourth-order valence-corrected chi connectivity index (χ4v) is 3.29. The number of rotatable bonds is 7. The first-order chi connectivity index (χ1) is 13.6. The number of thioether (sulfide) groups is 1. The number of hydrogen-bond acceptors (Lipinski definition) is 5. The number of nitrogens with one attached hydrogen (secondary N) is 1. The van der Waals surface area contributed by atoms with Crippen LogP contribution in [0.2, 0.25) is 5.02 Å². The van der Waals surface area contributed by atoms with E-state index < -0.39 is 5.91 Å². The van der Waals surface area contributed by atoms with Crippen LogP contribution in [0.1, 0.15) is 23.0 Å². The molecule has 0 aliphatic heterocycles. The molecule has 2 aromatic carbocycles. The van der Waals surface area contributed by atoms with Gasteiger partial charge in [0.1, 0.15) is 11.6 Å². The summed E-state index contributed by atoms with van der Waals surface area (Å²) < 4.78 is 18.5. The zero-order chi connectivity index (χ0) is 19.9. The predicted molar refractivity (Wildman–Crippen MR) is 109 cm³/mol. The lowest BCUT2D eigenvalue weighted by Crippen LogP contribution is -2.16. The van der Waals surface area contributed by atoms with Crippen molar-refractivity contribution < 1.29 is 13.9 Å². The first kappa shape index (κ1) is 20.1. The summed E-state index contributed by atoms with van der Waals surface area (Å²) in [5, 5.41) is 3.32. The van der Waals surface area contributed by atoms with Crippen molar-refractivity contribution in [3.8, 4) is 5.75 Å². The molecule has 0 saturated heterocycles. The number of nitrogens with zero attached hydrogens (tertiary/aromatic N) is 2. The highest BCUT2D eigenvalue weighted by atomic mass is 35.5. The number of benzene rings is 2. The molecule has 0 saturated carbocycles. The standard InChI is InChI=1S/C20H17ClFN3O2S/c1-2-27-17-6-4-3-5-16(17)24-19(26)18-15(21)11-23-20(25-18)28-12-13-7-9-14(22)10-8-13/h3-11H,2,12H2,1H3,(H,24,26). The topological polar surface area (TPSA) is 64.1 Å². The third kappa shape index (κ3) is 5.21. The maximum atomic E-state index is 13.0. The van der Waals surface area contributed by atoms with Crippen molar-refractivity contribution in [3.63, 3.8) is 0 Å². The SMILES string of the molecule is CCOc1ccccc1NC(=O)c1nc(SCc2ccc(F)cc2)ncc1Cl. The Morgan fingerprint density at radius 1 is 1.21 bits per heavy atom. The third-order valence-electron chi connectivity index (χ3n) is 3.65. The highest BCUT2D eigenvalue weighted by Crippen LogP contribution is 2.26. The van der Waals surface area contributed by atoms with E-state index in [1.165, 1.54) is 30.1 Å². The Morgan fingerprint density at radius 3 is 2.71 bits per heavy atom. The van der Waals surface area contributed by atoms with Gasteiger partial charge < -0.3 is 10.1 Å². The van der Waals surface area contributed by atoms with E-state index in [1.807, 2.05) is 13.0 Å². The smallest absolute Gasteiger partial charge is 0.276 e. The second kappa shape index (κ2) is 9.52. The molecule has 1 heterocycles. The fourth-order valence-electron chi connectivity index (χ4n) is 2.34. The molecule has 1 aromatic heterocycles. The highest BCUT2D eigenvalue weighted by molar-refractivity contribution is 7.98. The van der Waals surface area contributed by atoms with Crippen molar-refractivity contribution in [2.75, 3.05) is 11.9 Å². The molecule has 3 aromatic rings. The number of amides is 1. The minimum Gasteiger partial charge on any atom is -0.492 e. The Hall–Kier alpha value is -2.64. The molecule has 0 fully saturated rings.